The second-order valence-corrected chi connectivity index (χ2v) is 7.05. The zero-order valence-electron chi connectivity index (χ0n) is 14.7. The number of anilines is 1. The maximum Gasteiger partial charge on any atom is 0.199 e. The van der Waals surface area contributed by atoms with E-state index in [2.05, 4.69) is 103 Å². The van der Waals surface area contributed by atoms with Crippen LogP contribution < -0.4 is 4.90 Å². The highest BCUT2D eigenvalue weighted by atomic mass is 32.1. The molecule has 0 saturated carbocycles. The molecule has 1 heterocycles. The summed E-state index contributed by atoms with van der Waals surface area (Å²) in [6.07, 6.45) is 8.77. The van der Waals surface area contributed by atoms with Gasteiger partial charge in [0.15, 0.2) is 5.71 Å². The van der Waals surface area contributed by atoms with Gasteiger partial charge in [-0.3, -0.25) is 0 Å². The Bertz CT molecular complexity index is 810. The minimum Gasteiger partial charge on any atom is -0.378 e. The Kier molecular flexibility index (Phi) is 4.81. The summed E-state index contributed by atoms with van der Waals surface area (Å²) < 4.78 is 2.12. The average Bonchev–Trinajstić information content (AvgIpc) is 3.10. The van der Waals surface area contributed by atoms with E-state index in [1.54, 1.807) is 11.3 Å². The Labute approximate surface area is 148 Å². The number of rotatable bonds is 3. The van der Waals surface area contributed by atoms with Crippen molar-refractivity contribution in [1.82, 2.24) is 0 Å². The van der Waals surface area contributed by atoms with Crippen molar-refractivity contribution in [2.24, 2.45) is 0 Å². The minimum absolute atomic E-state index is 1.21. The van der Waals surface area contributed by atoms with Crippen LogP contribution in [0.4, 0.5) is 5.69 Å². The highest BCUT2D eigenvalue weighted by Gasteiger charge is 2.13. The predicted molar refractivity (Wildman–Crippen MR) is 107 cm³/mol. The first-order valence-electron chi connectivity index (χ1n) is 8.01. The summed E-state index contributed by atoms with van der Waals surface area (Å²) in [5, 5.41) is 4.35. The van der Waals surface area contributed by atoms with Crippen LogP contribution >= 0.6 is 11.3 Å². The fourth-order valence-corrected chi connectivity index (χ4v) is 3.41. The predicted octanol–water partition coefficient (Wildman–Crippen LogP) is 4.46. The molecule has 0 fully saturated rings. The van der Waals surface area contributed by atoms with Crippen LogP contribution in [0.25, 0.3) is 5.57 Å². The number of allylic oxidation sites excluding steroid dienone is 5. The van der Waals surface area contributed by atoms with Gasteiger partial charge in [0.1, 0.15) is 14.1 Å². The topological polar surface area (TPSA) is 6.25 Å². The maximum absolute atomic E-state index is 2.22. The molecule has 1 aliphatic carbocycles. The number of thiophene rings is 1. The largest absolute Gasteiger partial charge is 0.378 e. The fraction of sp³-hybridized carbons (Fsp3) is 0.190. The van der Waals surface area contributed by atoms with Gasteiger partial charge < -0.3 is 4.90 Å². The highest BCUT2D eigenvalue weighted by Crippen LogP contribution is 2.31. The summed E-state index contributed by atoms with van der Waals surface area (Å²) in [7, 11) is 8.27. The van der Waals surface area contributed by atoms with E-state index in [9.17, 15) is 0 Å². The van der Waals surface area contributed by atoms with Gasteiger partial charge in [-0.15, -0.1) is 0 Å². The average molecular weight is 335 g/mol. The highest BCUT2D eigenvalue weighted by molar-refractivity contribution is 7.08. The molecule has 0 bridgehead atoms. The van der Waals surface area contributed by atoms with Gasteiger partial charge >= 0.3 is 0 Å². The lowest BCUT2D eigenvalue weighted by Crippen LogP contribution is -2.10. The van der Waals surface area contributed by atoms with Crippen LogP contribution in [-0.2, 0) is 0 Å². The molecule has 3 rings (SSSR count). The molecule has 0 aliphatic heterocycles. The van der Waals surface area contributed by atoms with Crippen LogP contribution in [0, 0.1) is 0 Å². The van der Waals surface area contributed by atoms with Crippen LogP contribution in [0.5, 0.6) is 0 Å². The number of hydrogen-bond donors (Lipinski definition) is 0. The Morgan fingerprint density at radius 2 is 1.54 bits per heavy atom. The number of hydrogen-bond acceptors (Lipinski definition) is 2. The van der Waals surface area contributed by atoms with E-state index in [0.717, 1.165) is 0 Å². The first-order chi connectivity index (χ1) is 11.6. The molecule has 0 radical (unpaired) electrons. The zero-order valence-corrected chi connectivity index (χ0v) is 15.5. The lowest BCUT2D eigenvalue weighted by atomic mass is 9.92. The summed E-state index contributed by atoms with van der Waals surface area (Å²) in [5.74, 6) is 0. The lowest BCUT2D eigenvalue weighted by molar-refractivity contribution is -0.462. The molecule has 0 N–H and O–H groups in total. The number of benzene rings is 1. The van der Waals surface area contributed by atoms with Crippen LogP contribution in [0.15, 0.2) is 71.0 Å². The van der Waals surface area contributed by atoms with E-state index in [1.807, 2.05) is 0 Å². The molecule has 1 aromatic heterocycles. The van der Waals surface area contributed by atoms with Gasteiger partial charge in [-0.05, 0) is 63.4 Å². The van der Waals surface area contributed by atoms with Gasteiger partial charge in [0.2, 0.25) is 0 Å². The van der Waals surface area contributed by atoms with E-state index < -0.39 is 0 Å². The van der Waals surface area contributed by atoms with Gasteiger partial charge in [0.25, 0.3) is 0 Å². The molecule has 1 aliphatic rings. The first kappa shape index (κ1) is 16.5. The standard InChI is InChI=1S/C21H23N2S/c1-22(2)19-9-5-16(6-10-19)21(18-13-14-24-15-18)17-7-11-20(12-8-17)23(3)4/h5-15H,1-4H3/q+1. The molecule has 0 amide bonds. The molecule has 122 valence electrons. The van der Waals surface area contributed by atoms with Crippen LogP contribution in [0.3, 0.4) is 0 Å². The summed E-state index contributed by atoms with van der Waals surface area (Å²) in [6.45, 7) is 0. The molecule has 24 heavy (non-hydrogen) atoms. The van der Waals surface area contributed by atoms with Gasteiger partial charge in [-0.2, -0.15) is 11.3 Å². The maximum atomic E-state index is 2.22. The molecule has 2 aromatic rings. The van der Waals surface area contributed by atoms with Gasteiger partial charge in [-0.1, -0.05) is 12.1 Å². The third kappa shape index (κ3) is 3.41. The third-order valence-electron chi connectivity index (χ3n) is 4.15. The second-order valence-electron chi connectivity index (χ2n) is 6.27. The van der Waals surface area contributed by atoms with Gasteiger partial charge in [0.05, 0.1) is 0 Å². The molecule has 0 unspecified atom stereocenters. The van der Waals surface area contributed by atoms with Crippen molar-refractivity contribution >= 4 is 28.3 Å². The minimum atomic E-state index is 1.21. The van der Waals surface area contributed by atoms with Crippen molar-refractivity contribution in [2.75, 3.05) is 33.1 Å². The van der Waals surface area contributed by atoms with Crippen molar-refractivity contribution in [3.05, 3.63) is 82.1 Å². The Balaban J connectivity index is 2.09. The molecule has 0 spiro atoms. The van der Waals surface area contributed by atoms with Crippen molar-refractivity contribution in [2.45, 2.75) is 0 Å². The lowest BCUT2D eigenvalue weighted by Gasteiger charge is -2.15. The third-order valence-corrected chi connectivity index (χ3v) is 4.84. The SMILES string of the molecule is CN(C)c1ccc(C(=C2C=CC(=[N+](C)C)C=C2)c2ccsc2)cc1. The van der Waals surface area contributed by atoms with E-state index in [-0.39, 0.29) is 0 Å². The molecular formula is C21H23N2S+. The fourth-order valence-electron chi connectivity index (χ4n) is 2.76. The Hall–Kier alpha value is -2.39. The van der Waals surface area contributed by atoms with Crippen LogP contribution in [0.1, 0.15) is 11.1 Å². The summed E-state index contributed by atoms with van der Waals surface area (Å²) in [4.78, 5) is 2.12. The Morgan fingerprint density at radius 1 is 0.875 bits per heavy atom. The van der Waals surface area contributed by atoms with E-state index in [1.165, 1.54) is 33.7 Å². The zero-order chi connectivity index (χ0) is 17.1. The Morgan fingerprint density at radius 3 is 2.04 bits per heavy atom. The monoisotopic (exact) mass is 335 g/mol. The van der Waals surface area contributed by atoms with E-state index in [0.29, 0.717) is 0 Å². The smallest absolute Gasteiger partial charge is 0.199 e. The van der Waals surface area contributed by atoms with E-state index in [4.69, 9.17) is 0 Å². The van der Waals surface area contributed by atoms with Crippen LogP contribution in [-0.4, -0.2) is 38.5 Å². The van der Waals surface area contributed by atoms with E-state index >= 15 is 0 Å². The quantitative estimate of drug-likeness (QED) is 0.751. The van der Waals surface area contributed by atoms with Gasteiger partial charge in [0, 0.05) is 31.9 Å². The van der Waals surface area contributed by atoms with Crippen molar-refractivity contribution in [3.8, 4) is 0 Å². The van der Waals surface area contributed by atoms with Gasteiger partial charge in [-0.25, -0.2) is 4.58 Å². The normalized spacial score (nSPS) is 13.3. The molecule has 2 nitrogen and oxygen atoms in total. The molecule has 0 atom stereocenters. The molecule has 1 aromatic carbocycles. The molecule has 0 saturated heterocycles. The number of nitrogens with zero attached hydrogens (tertiary/aromatic N) is 2. The van der Waals surface area contributed by atoms with Crippen molar-refractivity contribution in [3.63, 3.8) is 0 Å². The second kappa shape index (κ2) is 7.02. The van der Waals surface area contributed by atoms with Crippen molar-refractivity contribution < 1.29 is 4.58 Å². The summed E-state index contributed by atoms with van der Waals surface area (Å²) in [6, 6.07) is 11.0. The van der Waals surface area contributed by atoms with Crippen molar-refractivity contribution in [1.29, 1.82) is 0 Å². The molecule has 3 heteroatoms. The summed E-state index contributed by atoms with van der Waals surface area (Å²) in [5.41, 5.74) is 7.48. The summed E-state index contributed by atoms with van der Waals surface area (Å²) >= 11 is 1.74. The molecular weight excluding hydrogens is 312 g/mol. The first-order valence-corrected chi connectivity index (χ1v) is 8.95. The van der Waals surface area contributed by atoms with Crippen LogP contribution in [0.2, 0.25) is 0 Å².